The minimum absolute atomic E-state index is 0.175. The fourth-order valence-electron chi connectivity index (χ4n) is 1.55. The number of aliphatic hydroxyl groups excluding tert-OH is 1. The van der Waals surface area contributed by atoms with Crippen LogP contribution >= 0.6 is 15.9 Å². The Bertz CT molecular complexity index is 583. The number of aliphatic hydroxyl groups is 1. The van der Waals surface area contributed by atoms with Crippen LogP contribution in [-0.4, -0.2) is 27.5 Å². The second kappa shape index (κ2) is 5.53. The zero-order valence-electron chi connectivity index (χ0n) is 10.2. The molecule has 1 aromatic heterocycles. The molecule has 0 bridgehead atoms. The number of nitrogens with zero attached hydrogens (tertiary/aromatic N) is 2. The van der Waals surface area contributed by atoms with Gasteiger partial charge in [-0.15, -0.1) is 0 Å². The summed E-state index contributed by atoms with van der Waals surface area (Å²) in [4.78, 5) is 3.89. The molecule has 2 rings (SSSR count). The van der Waals surface area contributed by atoms with Gasteiger partial charge in [0.25, 0.3) is 0 Å². The first-order chi connectivity index (χ1) is 9.29. The van der Waals surface area contributed by atoms with Crippen LogP contribution in [0.5, 0.6) is 0 Å². The van der Waals surface area contributed by atoms with Gasteiger partial charge < -0.3 is 9.63 Å². The maximum absolute atomic E-state index is 12.4. The second-order valence-corrected chi connectivity index (χ2v) is 5.15. The molecule has 1 N–H and O–H groups in total. The predicted molar refractivity (Wildman–Crippen MR) is 67.9 cm³/mol. The standard InChI is InChI=1S/C12H10BrF3N2O2/c1-6(9(19)12(14,15)16)11-17-10(18-20-11)7-2-4-8(13)5-3-7/h2-6,9,19H,1H3. The van der Waals surface area contributed by atoms with Crippen molar-refractivity contribution in [2.45, 2.75) is 25.1 Å². The van der Waals surface area contributed by atoms with E-state index in [2.05, 4.69) is 26.1 Å². The van der Waals surface area contributed by atoms with Gasteiger partial charge in [0.1, 0.15) is 0 Å². The zero-order valence-corrected chi connectivity index (χ0v) is 11.8. The molecule has 0 amide bonds. The van der Waals surface area contributed by atoms with Crippen LogP contribution in [0.2, 0.25) is 0 Å². The van der Waals surface area contributed by atoms with Crippen LogP contribution in [0.3, 0.4) is 0 Å². The molecular formula is C12H10BrF3N2O2. The normalized spacial score (nSPS) is 15.1. The van der Waals surface area contributed by atoms with Crippen molar-refractivity contribution in [1.82, 2.24) is 10.1 Å². The molecule has 2 unspecified atom stereocenters. The average Bonchev–Trinajstić information content (AvgIpc) is 2.86. The molecule has 0 aliphatic heterocycles. The van der Waals surface area contributed by atoms with E-state index in [1.165, 1.54) is 6.92 Å². The molecule has 8 heteroatoms. The molecule has 0 radical (unpaired) electrons. The monoisotopic (exact) mass is 350 g/mol. The van der Waals surface area contributed by atoms with E-state index in [9.17, 15) is 13.2 Å². The van der Waals surface area contributed by atoms with E-state index in [1.807, 2.05) is 0 Å². The summed E-state index contributed by atoms with van der Waals surface area (Å²) >= 11 is 3.26. The summed E-state index contributed by atoms with van der Waals surface area (Å²) in [6, 6.07) is 6.89. The lowest BCUT2D eigenvalue weighted by Crippen LogP contribution is -2.33. The van der Waals surface area contributed by atoms with E-state index in [1.54, 1.807) is 24.3 Å². The highest BCUT2D eigenvalue weighted by Crippen LogP contribution is 2.31. The molecule has 0 aliphatic carbocycles. The van der Waals surface area contributed by atoms with Crippen molar-refractivity contribution < 1.29 is 22.8 Å². The highest BCUT2D eigenvalue weighted by Gasteiger charge is 2.44. The number of alkyl halides is 3. The first-order valence-corrected chi connectivity index (χ1v) is 6.42. The Labute approximate surface area is 120 Å². The van der Waals surface area contributed by atoms with Crippen LogP contribution in [0.4, 0.5) is 13.2 Å². The first kappa shape index (κ1) is 15.0. The molecule has 0 fully saturated rings. The van der Waals surface area contributed by atoms with E-state index >= 15 is 0 Å². The Kier molecular flexibility index (Phi) is 4.14. The van der Waals surface area contributed by atoms with Crippen molar-refractivity contribution in [3.05, 3.63) is 34.6 Å². The molecule has 2 atom stereocenters. The van der Waals surface area contributed by atoms with Crippen molar-refractivity contribution in [1.29, 1.82) is 0 Å². The average molecular weight is 351 g/mol. The molecule has 1 aromatic carbocycles. The van der Waals surface area contributed by atoms with Crippen molar-refractivity contribution in [2.24, 2.45) is 0 Å². The van der Waals surface area contributed by atoms with Crippen molar-refractivity contribution in [2.75, 3.05) is 0 Å². The molecule has 1 heterocycles. The minimum Gasteiger partial charge on any atom is -0.383 e. The van der Waals surface area contributed by atoms with Crippen LogP contribution in [0.1, 0.15) is 18.7 Å². The zero-order chi connectivity index (χ0) is 14.9. The Morgan fingerprint density at radius 1 is 1.25 bits per heavy atom. The van der Waals surface area contributed by atoms with Gasteiger partial charge in [-0.2, -0.15) is 18.2 Å². The molecule has 0 aliphatic rings. The molecule has 2 aromatic rings. The van der Waals surface area contributed by atoms with E-state index < -0.39 is 18.2 Å². The van der Waals surface area contributed by atoms with Gasteiger partial charge in [-0.3, -0.25) is 0 Å². The van der Waals surface area contributed by atoms with Gasteiger partial charge in [0.15, 0.2) is 6.10 Å². The number of hydrogen-bond donors (Lipinski definition) is 1. The van der Waals surface area contributed by atoms with Crippen molar-refractivity contribution in [3.63, 3.8) is 0 Å². The van der Waals surface area contributed by atoms with E-state index in [-0.39, 0.29) is 11.7 Å². The number of benzene rings is 1. The maximum atomic E-state index is 12.4. The molecule has 0 saturated heterocycles. The SMILES string of the molecule is CC(c1nc(-c2ccc(Br)cc2)no1)C(O)C(F)(F)F. The highest BCUT2D eigenvalue weighted by molar-refractivity contribution is 9.10. The lowest BCUT2D eigenvalue weighted by molar-refractivity contribution is -0.210. The molecule has 108 valence electrons. The number of halogens is 4. The fourth-order valence-corrected chi connectivity index (χ4v) is 1.82. The summed E-state index contributed by atoms with van der Waals surface area (Å²) in [6.07, 6.45) is -7.27. The van der Waals surface area contributed by atoms with Gasteiger partial charge in [-0.25, -0.2) is 0 Å². The number of hydrogen-bond acceptors (Lipinski definition) is 4. The quantitative estimate of drug-likeness (QED) is 0.919. The third-order valence-electron chi connectivity index (χ3n) is 2.74. The van der Waals surface area contributed by atoms with Gasteiger partial charge in [-0.1, -0.05) is 28.0 Å². The minimum atomic E-state index is -4.73. The van der Waals surface area contributed by atoms with E-state index in [0.717, 1.165) is 4.47 Å². The largest absolute Gasteiger partial charge is 0.415 e. The van der Waals surface area contributed by atoms with Crippen LogP contribution in [0.25, 0.3) is 11.4 Å². The summed E-state index contributed by atoms with van der Waals surface area (Å²) < 4.78 is 42.9. The summed E-state index contributed by atoms with van der Waals surface area (Å²) in [5, 5.41) is 12.8. The van der Waals surface area contributed by atoms with Crippen LogP contribution in [0.15, 0.2) is 33.3 Å². The molecule has 0 spiro atoms. The first-order valence-electron chi connectivity index (χ1n) is 5.63. The molecule has 4 nitrogen and oxygen atoms in total. The van der Waals surface area contributed by atoms with Gasteiger partial charge >= 0.3 is 6.18 Å². The van der Waals surface area contributed by atoms with E-state index in [4.69, 9.17) is 9.63 Å². The molecular weight excluding hydrogens is 341 g/mol. The van der Waals surface area contributed by atoms with Gasteiger partial charge in [0, 0.05) is 10.0 Å². The summed E-state index contributed by atoms with van der Waals surface area (Å²) in [5.41, 5.74) is 0.608. The number of aromatic nitrogens is 2. The third kappa shape index (κ3) is 3.18. The molecule has 0 saturated carbocycles. The van der Waals surface area contributed by atoms with Crippen molar-refractivity contribution >= 4 is 15.9 Å². The van der Waals surface area contributed by atoms with Crippen LogP contribution < -0.4 is 0 Å². The van der Waals surface area contributed by atoms with Crippen molar-refractivity contribution in [3.8, 4) is 11.4 Å². The lowest BCUT2D eigenvalue weighted by atomic mass is 10.0. The smallest absolute Gasteiger partial charge is 0.383 e. The van der Waals surface area contributed by atoms with Gasteiger partial charge in [0.2, 0.25) is 11.7 Å². The number of rotatable bonds is 3. The Balaban J connectivity index is 2.23. The Hall–Kier alpha value is -1.41. The topological polar surface area (TPSA) is 59.2 Å². The Morgan fingerprint density at radius 2 is 1.85 bits per heavy atom. The summed E-state index contributed by atoms with van der Waals surface area (Å²) in [5.74, 6) is -1.41. The lowest BCUT2D eigenvalue weighted by Gasteiger charge is -2.17. The molecule has 20 heavy (non-hydrogen) atoms. The predicted octanol–water partition coefficient (Wildman–Crippen LogP) is 3.53. The third-order valence-corrected chi connectivity index (χ3v) is 3.27. The Morgan fingerprint density at radius 3 is 2.40 bits per heavy atom. The fraction of sp³-hybridized carbons (Fsp3) is 0.333. The van der Waals surface area contributed by atoms with Gasteiger partial charge in [-0.05, 0) is 24.3 Å². The van der Waals surface area contributed by atoms with Crippen LogP contribution in [-0.2, 0) is 0 Å². The maximum Gasteiger partial charge on any atom is 0.415 e. The highest BCUT2D eigenvalue weighted by atomic mass is 79.9. The van der Waals surface area contributed by atoms with Crippen LogP contribution in [0, 0.1) is 0 Å². The summed E-state index contributed by atoms with van der Waals surface area (Å²) in [6.45, 7) is 1.18. The summed E-state index contributed by atoms with van der Waals surface area (Å²) in [7, 11) is 0. The second-order valence-electron chi connectivity index (χ2n) is 4.24. The van der Waals surface area contributed by atoms with Gasteiger partial charge in [0.05, 0.1) is 5.92 Å². The van der Waals surface area contributed by atoms with E-state index in [0.29, 0.717) is 5.56 Å².